The Kier molecular flexibility index (Phi) is 5.65. The molecule has 1 heterocycles. The SMILES string of the molecule is C=CCN(C(=O)C(C)N1CCNCC1)C(C)C. The summed E-state index contributed by atoms with van der Waals surface area (Å²) in [5.41, 5.74) is 0. The number of hydrogen-bond donors (Lipinski definition) is 1. The second-order valence-electron chi connectivity index (χ2n) is 4.83. The number of rotatable bonds is 5. The molecule has 1 saturated heterocycles. The lowest BCUT2D eigenvalue weighted by atomic mass is 10.2. The number of nitrogens with zero attached hydrogens (tertiary/aromatic N) is 2. The third-order valence-corrected chi connectivity index (χ3v) is 3.29. The van der Waals surface area contributed by atoms with Crippen LogP contribution in [0.15, 0.2) is 12.7 Å². The first-order valence-electron chi connectivity index (χ1n) is 6.44. The second-order valence-corrected chi connectivity index (χ2v) is 4.83. The molecule has 1 N–H and O–H groups in total. The highest BCUT2D eigenvalue weighted by Gasteiger charge is 2.27. The lowest BCUT2D eigenvalue weighted by Gasteiger charge is -2.36. The van der Waals surface area contributed by atoms with Crippen molar-refractivity contribution >= 4 is 5.91 Å². The molecular formula is C13H25N3O. The highest BCUT2D eigenvalue weighted by atomic mass is 16.2. The van der Waals surface area contributed by atoms with Crippen molar-refractivity contribution in [3.05, 3.63) is 12.7 Å². The van der Waals surface area contributed by atoms with Crippen molar-refractivity contribution in [1.82, 2.24) is 15.1 Å². The standard InChI is InChI=1S/C13H25N3O/c1-5-8-16(11(2)3)13(17)12(4)15-9-6-14-7-10-15/h5,11-12,14H,1,6-10H2,2-4H3. The van der Waals surface area contributed by atoms with E-state index in [4.69, 9.17) is 0 Å². The number of nitrogens with one attached hydrogen (secondary N) is 1. The Morgan fingerprint density at radius 2 is 2.00 bits per heavy atom. The van der Waals surface area contributed by atoms with Crippen LogP contribution >= 0.6 is 0 Å². The van der Waals surface area contributed by atoms with Gasteiger partial charge in [0.25, 0.3) is 0 Å². The van der Waals surface area contributed by atoms with Gasteiger partial charge >= 0.3 is 0 Å². The average molecular weight is 239 g/mol. The van der Waals surface area contributed by atoms with Gasteiger partial charge in [0.15, 0.2) is 0 Å². The van der Waals surface area contributed by atoms with E-state index in [0.717, 1.165) is 26.2 Å². The molecule has 98 valence electrons. The van der Waals surface area contributed by atoms with Gasteiger partial charge in [-0.1, -0.05) is 6.08 Å². The summed E-state index contributed by atoms with van der Waals surface area (Å²) < 4.78 is 0. The molecule has 1 atom stereocenters. The maximum atomic E-state index is 12.4. The molecule has 1 aliphatic rings. The minimum Gasteiger partial charge on any atom is -0.335 e. The Hall–Kier alpha value is -0.870. The predicted octanol–water partition coefficient (Wildman–Crippen LogP) is 0.703. The molecule has 0 spiro atoms. The molecule has 1 aliphatic heterocycles. The van der Waals surface area contributed by atoms with Crippen LogP contribution in [0.3, 0.4) is 0 Å². The maximum absolute atomic E-state index is 12.4. The van der Waals surface area contributed by atoms with Gasteiger partial charge in [-0.25, -0.2) is 0 Å². The molecule has 1 fully saturated rings. The topological polar surface area (TPSA) is 35.6 Å². The Labute approximate surface area is 105 Å². The molecule has 0 saturated carbocycles. The molecule has 17 heavy (non-hydrogen) atoms. The van der Waals surface area contributed by atoms with Gasteiger partial charge in [0.1, 0.15) is 0 Å². The van der Waals surface area contributed by atoms with E-state index < -0.39 is 0 Å². The van der Waals surface area contributed by atoms with Crippen molar-refractivity contribution < 1.29 is 4.79 Å². The van der Waals surface area contributed by atoms with Crippen molar-refractivity contribution in [2.75, 3.05) is 32.7 Å². The van der Waals surface area contributed by atoms with Crippen molar-refractivity contribution in [3.63, 3.8) is 0 Å². The van der Waals surface area contributed by atoms with E-state index in [-0.39, 0.29) is 18.0 Å². The zero-order valence-electron chi connectivity index (χ0n) is 11.3. The first-order chi connectivity index (χ1) is 8.07. The van der Waals surface area contributed by atoms with Crippen molar-refractivity contribution in [1.29, 1.82) is 0 Å². The molecule has 0 aromatic heterocycles. The summed E-state index contributed by atoms with van der Waals surface area (Å²) in [6.07, 6.45) is 1.79. The normalized spacial score (nSPS) is 19.1. The third-order valence-electron chi connectivity index (χ3n) is 3.29. The van der Waals surface area contributed by atoms with Crippen LogP contribution in [0.2, 0.25) is 0 Å². The Morgan fingerprint density at radius 3 is 2.47 bits per heavy atom. The second kappa shape index (κ2) is 6.77. The van der Waals surface area contributed by atoms with Crippen LogP contribution in [0, 0.1) is 0 Å². The average Bonchev–Trinajstić information content (AvgIpc) is 2.35. The molecule has 0 radical (unpaired) electrons. The predicted molar refractivity (Wildman–Crippen MR) is 71.0 cm³/mol. The molecule has 1 rings (SSSR count). The molecule has 4 nitrogen and oxygen atoms in total. The Bertz CT molecular complexity index is 259. The van der Waals surface area contributed by atoms with Crippen molar-refractivity contribution in [2.45, 2.75) is 32.9 Å². The minimum atomic E-state index is -0.0283. The molecule has 1 amide bonds. The summed E-state index contributed by atoms with van der Waals surface area (Å²) in [7, 11) is 0. The van der Waals surface area contributed by atoms with Crippen molar-refractivity contribution in [3.8, 4) is 0 Å². The van der Waals surface area contributed by atoms with Gasteiger partial charge in [-0.2, -0.15) is 0 Å². The molecule has 0 aliphatic carbocycles. The lowest BCUT2D eigenvalue weighted by molar-refractivity contribution is -0.137. The van der Waals surface area contributed by atoms with Crippen LogP contribution < -0.4 is 5.32 Å². The quantitative estimate of drug-likeness (QED) is 0.718. The number of piperazine rings is 1. The minimum absolute atomic E-state index is 0.0283. The van der Waals surface area contributed by atoms with E-state index >= 15 is 0 Å². The van der Waals surface area contributed by atoms with Crippen molar-refractivity contribution in [2.24, 2.45) is 0 Å². The fourth-order valence-electron chi connectivity index (χ4n) is 2.16. The van der Waals surface area contributed by atoms with Crippen LogP contribution in [0.4, 0.5) is 0 Å². The van der Waals surface area contributed by atoms with Gasteiger partial charge in [-0.05, 0) is 20.8 Å². The number of carbonyl (C=O) groups is 1. The van der Waals surface area contributed by atoms with Crippen LogP contribution in [0.1, 0.15) is 20.8 Å². The van der Waals surface area contributed by atoms with Crippen LogP contribution in [0.25, 0.3) is 0 Å². The van der Waals surface area contributed by atoms with Gasteiger partial charge < -0.3 is 10.2 Å². The van der Waals surface area contributed by atoms with E-state index in [1.54, 1.807) is 6.08 Å². The molecule has 0 aromatic rings. The maximum Gasteiger partial charge on any atom is 0.240 e. The van der Waals surface area contributed by atoms with Crippen LogP contribution in [0.5, 0.6) is 0 Å². The summed E-state index contributed by atoms with van der Waals surface area (Å²) >= 11 is 0. The molecular weight excluding hydrogens is 214 g/mol. The highest BCUT2D eigenvalue weighted by Crippen LogP contribution is 2.08. The van der Waals surface area contributed by atoms with Gasteiger partial charge in [0.2, 0.25) is 5.91 Å². The zero-order chi connectivity index (χ0) is 12.8. The summed E-state index contributed by atoms with van der Waals surface area (Å²) in [6.45, 7) is 14.3. The van der Waals surface area contributed by atoms with Gasteiger partial charge in [-0.15, -0.1) is 6.58 Å². The first kappa shape index (κ1) is 14.2. The van der Waals surface area contributed by atoms with E-state index in [1.807, 2.05) is 25.7 Å². The van der Waals surface area contributed by atoms with Gasteiger partial charge in [0.05, 0.1) is 6.04 Å². The smallest absolute Gasteiger partial charge is 0.240 e. The number of carbonyl (C=O) groups excluding carboxylic acids is 1. The monoisotopic (exact) mass is 239 g/mol. The molecule has 1 unspecified atom stereocenters. The molecule has 4 heteroatoms. The van der Waals surface area contributed by atoms with Crippen LogP contribution in [-0.2, 0) is 4.79 Å². The zero-order valence-corrected chi connectivity index (χ0v) is 11.3. The molecule has 0 bridgehead atoms. The Balaban J connectivity index is 2.61. The highest BCUT2D eigenvalue weighted by molar-refractivity contribution is 5.81. The molecule has 0 aromatic carbocycles. The summed E-state index contributed by atoms with van der Waals surface area (Å²) in [4.78, 5) is 16.5. The Morgan fingerprint density at radius 1 is 1.41 bits per heavy atom. The van der Waals surface area contributed by atoms with Gasteiger partial charge in [0, 0.05) is 38.8 Å². The fourth-order valence-corrected chi connectivity index (χ4v) is 2.16. The third kappa shape index (κ3) is 3.82. The van der Waals surface area contributed by atoms with E-state index in [0.29, 0.717) is 6.54 Å². The van der Waals surface area contributed by atoms with E-state index in [2.05, 4.69) is 16.8 Å². The van der Waals surface area contributed by atoms with E-state index in [1.165, 1.54) is 0 Å². The van der Waals surface area contributed by atoms with E-state index in [9.17, 15) is 4.79 Å². The fraction of sp³-hybridized carbons (Fsp3) is 0.769. The van der Waals surface area contributed by atoms with Crippen LogP contribution in [-0.4, -0.2) is 60.5 Å². The van der Waals surface area contributed by atoms with Gasteiger partial charge in [-0.3, -0.25) is 9.69 Å². The summed E-state index contributed by atoms with van der Waals surface area (Å²) in [5.74, 6) is 0.210. The number of amides is 1. The largest absolute Gasteiger partial charge is 0.335 e. The summed E-state index contributed by atoms with van der Waals surface area (Å²) in [6, 6.07) is 0.199. The first-order valence-corrected chi connectivity index (χ1v) is 6.44. The summed E-state index contributed by atoms with van der Waals surface area (Å²) in [5, 5.41) is 3.30. The lowest BCUT2D eigenvalue weighted by Crippen LogP contribution is -2.54. The number of hydrogen-bond acceptors (Lipinski definition) is 3.